The molecule has 7 nitrogen and oxygen atoms in total. The first-order chi connectivity index (χ1) is 15.8. The Bertz CT molecular complexity index is 1190. The summed E-state index contributed by atoms with van der Waals surface area (Å²) in [6.07, 6.45) is 1.47. The summed E-state index contributed by atoms with van der Waals surface area (Å²) in [7, 11) is 1.58. The molecular weight excluding hydrogens is 416 g/mol. The van der Waals surface area contributed by atoms with Gasteiger partial charge < -0.3 is 15.4 Å². The number of carbonyl (C=O) groups is 2. The lowest BCUT2D eigenvalue weighted by Gasteiger charge is -2.15. The van der Waals surface area contributed by atoms with E-state index in [1.54, 1.807) is 7.11 Å². The van der Waals surface area contributed by atoms with Gasteiger partial charge in [0.25, 0.3) is 0 Å². The Kier molecular flexibility index (Phi) is 7.46. The van der Waals surface area contributed by atoms with Crippen molar-refractivity contribution in [1.82, 2.24) is 5.43 Å². The van der Waals surface area contributed by atoms with Crippen LogP contribution in [0, 0.1) is 27.7 Å². The average Bonchev–Trinajstić information content (AvgIpc) is 2.78. The van der Waals surface area contributed by atoms with Crippen LogP contribution in [-0.4, -0.2) is 25.1 Å². The number of ether oxygens (including phenoxy) is 1. The van der Waals surface area contributed by atoms with E-state index in [4.69, 9.17) is 4.74 Å². The number of hydrogen-bond acceptors (Lipinski definition) is 5. The molecule has 0 bridgehead atoms. The van der Waals surface area contributed by atoms with Crippen molar-refractivity contribution in [3.8, 4) is 5.75 Å². The number of aryl methyl sites for hydroxylation is 4. The molecule has 3 aromatic rings. The number of methoxy groups -OCH3 is 1. The van der Waals surface area contributed by atoms with Crippen molar-refractivity contribution in [2.24, 2.45) is 5.10 Å². The van der Waals surface area contributed by atoms with E-state index in [0.29, 0.717) is 22.7 Å². The highest BCUT2D eigenvalue weighted by molar-refractivity contribution is 6.39. The van der Waals surface area contributed by atoms with Crippen molar-refractivity contribution in [1.29, 1.82) is 0 Å². The second-order valence-corrected chi connectivity index (χ2v) is 7.79. The number of benzene rings is 3. The third kappa shape index (κ3) is 5.77. The Balaban J connectivity index is 1.74. The van der Waals surface area contributed by atoms with E-state index in [0.717, 1.165) is 27.9 Å². The number of para-hydroxylation sites is 2. The standard InChI is InChI=1S/C26H28N4O3/c1-16-13-18(3)23(19(4)14-16)29-25(31)26(32)30-27-15-20-10-8-12-22(33-5)24(20)28-21-11-7-6-9-17(21)2/h6-15,28H,1-5H3,(H,29,31)(H,30,32)/b27-15-. The molecule has 170 valence electrons. The topological polar surface area (TPSA) is 91.8 Å². The first kappa shape index (κ1) is 23.5. The third-order valence-electron chi connectivity index (χ3n) is 5.17. The molecule has 0 fully saturated rings. The summed E-state index contributed by atoms with van der Waals surface area (Å²) in [6, 6.07) is 17.2. The van der Waals surface area contributed by atoms with Gasteiger partial charge in [0.15, 0.2) is 0 Å². The fraction of sp³-hybridized carbons (Fsp3) is 0.192. The van der Waals surface area contributed by atoms with E-state index in [-0.39, 0.29) is 0 Å². The first-order valence-electron chi connectivity index (χ1n) is 10.5. The van der Waals surface area contributed by atoms with E-state index < -0.39 is 11.8 Å². The van der Waals surface area contributed by atoms with Gasteiger partial charge in [0.2, 0.25) is 0 Å². The molecule has 0 radical (unpaired) electrons. The second kappa shape index (κ2) is 10.5. The molecule has 0 saturated heterocycles. The minimum Gasteiger partial charge on any atom is -0.495 e. The molecule has 3 rings (SSSR count). The van der Waals surface area contributed by atoms with Gasteiger partial charge >= 0.3 is 11.8 Å². The number of hydrogen-bond donors (Lipinski definition) is 3. The summed E-state index contributed by atoms with van der Waals surface area (Å²) in [5, 5.41) is 10.0. The number of carbonyl (C=O) groups excluding carboxylic acids is 2. The molecule has 0 spiro atoms. The number of amides is 2. The summed E-state index contributed by atoms with van der Waals surface area (Å²) in [4.78, 5) is 24.7. The van der Waals surface area contributed by atoms with Crippen molar-refractivity contribution in [3.63, 3.8) is 0 Å². The predicted octanol–water partition coefficient (Wildman–Crippen LogP) is 4.76. The molecule has 0 aromatic heterocycles. The number of nitrogens with one attached hydrogen (secondary N) is 3. The highest BCUT2D eigenvalue weighted by atomic mass is 16.5. The monoisotopic (exact) mass is 444 g/mol. The molecule has 3 N–H and O–H groups in total. The van der Waals surface area contributed by atoms with Crippen LogP contribution in [0.2, 0.25) is 0 Å². The van der Waals surface area contributed by atoms with Crippen LogP contribution in [0.1, 0.15) is 27.8 Å². The summed E-state index contributed by atoms with van der Waals surface area (Å²) in [5.74, 6) is -1.02. The Morgan fingerprint density at radius 3 is 2.21 bits per heavy atom. The zero-order valence-corrected chi connectivity index (χ0v) is 19.4. The van der Waals surface area contributed by atoms with Gasteiger partial charge in [-0.05, 0) is 56.5 Å². The molecule has 0 atom stereocenters. The maximum atomic E-state index is 12.4. The van der Waals surface area contributed by atoms with E-state index >= 15 is 0 Å². The third-order valence-corrected chi connectivity index (χ3v) is 5.17. The molecule has 7 heteroatoms. The molecule has 0 aliphatic rings. The van der Waals surface area contributed by atoms with Gasteiger partial charge in [-0.3, -0.25) is 9.59 Å². The van der Waals surface area contributed by atoms with Crippen LogP contribution >= 0.6 is 0 Å². The lowest BCUT2D eigenvalue weighted by atomic mass is 10.1. The van der Waals surface area contributed by atoms with Crippen LogP contribution in [0.4, 0.5) is 17.1 Å². The number of anilines is 3. The maximum Gasteiger partial charge on any atom is 0.329 e. The minimum atomic E-state index is -0.859. The smallest absolute Gasteiger partial charge is 0.329 e. The number of nitrogens with zero attached hydrogens (tertiary/aromatic N) is 1. The molecule has 2 amide bonds. The van der Waals surface area contributed by atoms with Gasteiger partial charge in [0, 0.05) is 16.9 Å². The zero-order chi connectivity index (χ0) is 24.0. The SMILES string of the molecule is COc1cccc(/C=N\NC(=O)C(=O)Nc2c(C)cc(C)cc2C)c1Nc1ccccc1C. The fourth-order valence-corrected chi connectivity index (χ4v) is 3.57. The van der Waals surface area contributed by atoms with Crippen molar-refractivity contribution in [2.75, 3.05) is 17.7 Å². The fourth-order valence-electron chi connectivity index (χ4n) is 3.57. The average molecular weight is 445 g/mol. The lowest BCUT2D eigenvalue weighted by Crippen LogP contribution is -2.32. The van der Waals surface area contributed by atoms with E-state index in [1.165, 1.54) is 6.21 Å². The molecule has 33 heavy (non-hydrogen) atoms. The molecule has 3 aromatic carbocycles. The normalized spacial score (nSPS) is 10.7. The molecule has 0 unspecified atom stereocenters. The number of rotatable bonds is 6. The quantitative estimate of drug-likeness (QED) is 0.290. The van der Waals surface area contributed by atoms with Crippen LogP contribution < -0.4 is 20.8 Å². The summed E-state index contributed by atoms with van der Waals surface area (Å²) in [6.45, 7) is 7.75. The molecule has 0 aliphatic carbocycles. The summed E-state index contributed by atoms with van der Waals surface area (Å²) in [5.41, 5.74) is 9.15. The first-order valence-corrected chi connectivity index (χ1v) is 10.5. The zero-order valence-electron chi connectivity index (χ0n) is 19.4. The Morgan fingerprint density at radius 1 is 0.848 bits per heavy atom. The van der Waals surface area contributed by atoms with Gasteiger partial charge in [-0.1, -0.05) is 48.0 Å². The van der Waals surface area contributed by atoms with Crippen LogP contribution in [0.25, 0.3) is 0 Å². The van der Waals surface area contributed by atoms with Crippen LogP contribution in [0.3, 0.4) is 0 Å². The van der Waals surface area contributed by atoms with Crippen molar-refractivity contribution < 1.29 is 14.3 Å². The molecule has 0 aliphatic heterocycles. The number of hydrazone groups is 1. The predicted molar refractivity (Wildman–Crippen MR) is 132 cm³/mol. The minimum absolute atomic E-state index is 0.622. The van der Waals surface area contributed by atoms with Gasteiger partial charge in [-0.2, -0.15) is 5.10 Å². The van der Waals surface area contributed by atoms with Crippen LogP contribution in [0.5, 0.6) is 5.75 Å². The van der Waals surface area contributed by atoms with Gasteiger partial charge in [-0.15, -0.1) is 0 Å². The largest absolute Gasteiger partial charge is 0.495 e. The van der Waals surface area contributed by atoms with Gasteiger partial charge in [0.05, 0.1) is 19.0 Å². The second-order valence-electron chi connectivity index (χ2n) is 7.79. The van der Waals surface area contributed by atoms with E-state index in [2.05, 4.69) is 21.2 Å². The van der Waals surface area contributed by atoms with E-state index in [9.17, 15) is 9.59 Å². The molecular formula is C26H28N4O3. The summed E-state index contributed by atoms with van der Waals surface area (Å²) < 4.78 is 5.49. The summed E-state index contributed by atoms with van der Waals surface area (Å²) >= 11 is 0. The Labute approximate surface area is 193 Å². The van der Waals surface area contributed by atoms with Crippen LogP contribution in [0.15, 0.2) is 59.7 Å². The Hall–Kier alpha value is -4.13. The van der Waals surface area contributed by atoms with E-state index in [1.807, 2.05) is 82.3 Å². The van der Waals surface area contributed by atoms with Crippen molar-refractivity contribution >= 4 is 35.1 Å². The highest BCUT2D eigenvalue weighted by Gasteiger charge is 2.16. The molecule has 0 heterocycles. The van der Waals surface area contributed by atoms with Crippen molar-refractivity contribution in [3.05, 3.63) is 82.4 Å². The lowest BCUT2D eigenvalue weighted by molar-refractivity contribution is -0.136. The maximum absolute atomic E-state index is 12.4. The van der Waals surface area contributed by atoms with Gasteiger partial charge in [0.1, 0.15) is 5.75 Å². The Morgan fingerprint density at radius 2 is 1.55 bits per heavy atom. The highest BCUT2D eigenvalue weighted by Crippen LogP contribution is 2.31. The molecule has 0 saturated carbocycles. The van der Waals surface area contributed by atoms with Gasteiger partial charge in [-0.25, -0.2) is 5.43 Å². The van der Waals surface area contributed by atoms with Crippen molar-refractivity contribution in [2.45, 2.75) is 27.7 Å². The van der Waals surface area contributed by atoms with Crippen LogP contribution in [-0.2, 0) is 9.59 Å².